The van der Waals surface area contributed by atoms with Crippen LogP contribution < -0.4 is 4.90 Å². The molecule has 2 heterocycles. The highest BCUT2D eigenvalue weighted by atomic mass is 16.5. The Morgan fingerprint density at radius 2 is 2.14 bits per heavy atom. The van der Waals surface area contributed by atoms with E-state index in [2.05, 4.69) is 18.7 Å². The average molecular weight is 290 g/mol. The summed E-state index contributed by atoms with van der Waals surface area (Å²) in [6, 6.07) is 4.52. The topological polar surface area (TPSA) is 45.6 Å². The van der Waals surface area contributed by atoms with E-state index in [9.17, 15) is 5.11 Å². The number of nitrogens with zero attached hydrogens (tertiary/aromatic N) is 2. The van der Waals surface area contributed by atoms with Crippen molar-refractivity contribution in [2.75, 3.05) is 18.1 Å². The molecular formula is C17H26N2O2. The first kappa shape index (κ1) is 14.8. The molecule has 0 radical (unpaired) electrons. The Bertz CT molecular complexity index is 488. The molecule has 0 bridgehead atoms. The third-order valence-electron chi connectivity index (χ3n) is 4.69. The first-order chi connectivity index (χ1) is 10.2. The summed E-state index contributed by atoms with van der Waals surface area (Å²) < 4.78 is 5.95. The first-order valence-electron chi connectivity index (χ1n) is 8.19. The van der Waals surface area contributed by atoms with Gasteiger partial charge in [-0.15, -0.1) is 0 Å². The molecule has 1 aliphatic heterocycles. The van der Waals surface area contributed by atoms with E-state index in [1.807, 2.05) is 12.1 Å². The molecule has 116 valence electrons. The fourth-order valence-corrected chi connectivity index (χ4v) is 3.51. The van der Waals surface area contributed by atoms with Crippen LogP contribution in [0.3, 0.4) is 0 Å². The molecule has 1 aromatic heterocycles. The summed E-state index contributed by atoms with van der Waals surface area (Å²) >= 11 is 0. The second-order valence-electron chi connectivity index (χ2n) is 6.53. The molecular weight excluding hydrogens is 264 g/mol. The van der Waals surface area contributed by atoms with E-state index in [1.165, 1.54) is 19.3 Å². The third-order valence-corrected chi connectivity index (χ3v) is 4.69. The molecule has 2 atom stereocenters. The maximum Gasteiger partial charge on any atom is 0.129 e. The summed E-state index contributed by atoms with van der Waals surface area (Å²) in [4.78, 5) is 7.27. The van der Waals surface area contributed by atoms with Gasteiger partial charge in [-0.05, 0) is 36.5 Å². The van der Waals surface area contributed by atoms with Gasteiger partial charge in [-0.2, -0.15) is 0 Å². The van der Waals surface area contributed by atoms with Gasteiger partial charge in [0, 0.05) is 12.2 Å². The van der Waals surface area contributed by atoms with Crippen molar-refractivity contribution in [1.82, 2.24) is 4.98 Å². The van der Waals surface area contributed by atoms with Crippen LogP contribution in [0.2, 0.25) is 0 Å². The molecule has 1 aromatic rings. The van der Waals surface area contributed by atoms with Crippen molar-refractivity contribution in [2.45, 2.75) is 64.2 Å². The highest BCUT2D eigenvalue weighted by molar-refractivity contribution is 5.45. The van der Waals surface area contributed by atoms with Gasteiger partial charge in [0.15, 0.2) is 0 Å². The summed E-state index contributed by atoms with van der Waals surface area (Å²) in [7, 11) is 0. The number of morpholine rings is 1. The molecule has 1 saturated heterocycles. The minimum Gasteiger partial charge on any atom is -0.392 e. The SMILES string of the molecule is CC(C)c1cc(CO)cc(N2CCOC3CCCCC32)n1. The predicted octanol–water partition coefficient (Wildman–Crippen LogP) is 2.85. The van der Waals surface area contributed by atoms with Gasteiger partial charge in [0.1, 0.15) is 5.82 Å². The fourth-order valence-electron chi connectivity index (χ4n) is 3.51. The lowest BCUT2D eigenvalue weighted by Crippen LogP contribution is -2.53. The van der Waals surface area contributed by atoms with Crippen molar-refractivity contribution < 1.29 is 9.84 Å². The van der Waals surface area contributed by atoms with Crippen LogP contribution in [0.1, 0.15) is 56.7 Å². The maximum absolute atomic E-state index is 9.53. The van der Waals surface area contributed by atoms with Gasteiger partial charge in [-0.3, -0.25) is 0 Å². The van der Waals surface area contributed by atoms with E-state index in [0.29, 0.717) is 18.1 Å². The quantitative estimate of drug-likeness (QED) is 0.930. The molecule has 0 amide bonds. The van der Waals surface area contributed by atoms with Crippen LogP contribution in [0.15, 0.2) is 12.1 Å². The summed E-state index contributed by atoms with van der Waals surface area (Å²) in [5.74, 6) is 1.39. The van der Waals surface area contributed by atoms with Crippen molar-refractivity contribution in [3.8, 4) is 0 Å². The number of aliphatic hydroxyl groups excluding tert-OH is 1. The molecule has 0 aromatic carbocycles. The number of aromatic nitrogens is 1. The van der Waals surface area contributed by atoms with Crippen LogP contribution >= 0.6 is 0 Å². The van der Waals surface area contributed by atoms with E-state index in [-0.39, 0.29) is 6.61 Å². The Hall–Kier alpha value is -1.13. The number of aliphatic hydroxyl groups is 1. The molecule has 2 unspecified atom stereocenters. The average Bonchev–Trinajstić information content (AvgIpc) is 2.53. The second kappa shape index (κ2) is 6.32. The van der Waals surface area contributed by atoms with Crippen LogP contribution in [0.5, 0.6) is 0 Å². The minimum absolute atomic E-state index is 0.0771. The maximum atomic E-state index is 9.53. The number of fused-ring (bicyclic) bond motifs is 1. The molecule has 0 spiro atoms. The van der Waals surface area contributed by atoms with E-state index in [1.54, 1.807) is 0 Å². The lowest BCUT2D eigenvalue weighted by Gasteiger charge is -2.44. The normalized spacial score (nSPS) is 26.0. The molecule has 4 nitrogen and oxygen atoms in total. The number of hydrogen-bond acceptors (Lipinski definition) is 4. The van der Waals surface area contributed by atoms with Gasteiger partial charge >= 0.3 is 0 Å². The van der Waals surface area contributed by atoms with Crippen LogP contribution in [0, 0.1) is 0 Å². The van der Waals surface area contributed by atoms with E-state index in [4.69, 9.17) is 9.72 Å². The lowest BCUT2D eigenvalue weighted by molar-refractivity contribution is -0.00901. The van der Waals surface area contributed by atoms with Gasteiger partial charge in [0.25, 0.3) is 0 Å². The molecule has 1 saturated carbocycles. The van der Waals surface area contributed by atoms with Crippen LogP contribution in [-0.4, -0.2) is 35.4 Å². The van der Waals surface area contributed by atoms with Crippen LogP contribution in [0.4, 0.5) is 5.82 Å². The summed E-state index contributed by atoms with van der Waals surface area (Å²) in [5.41, 5.74) is 2.03. The predicted molar refractivity (Wildman–Crippen MR) is 83.6 cm³/mol. The smallest absolute Gasteiger partial charge is 0.129 e. The Labute approximate surface area is 127 Å². The van der Waals surface area contributed by atoms with E-state index < -0.39 is 0 Å². The Morgan fingerprint density at radius 1 is 1.33 bits per heavy atom. The van der Waals surface area contributed by atoms with Gasteiger partial charge in [-0.25, -0.2) is 4.98 Å². The molecule has 1 aliphatic carbocycles. The van der Waals surface area contributed by atoms with Crippen molar-refractivity contribution in [2.24, 2.45) is 0 Å². The zero-order chi connectivity index (χ0) is 14.8. The zero-order valence-corrected chi connectivity index (χ0v) is 13.1. The number of anilines is 1. The summed E-state index contributed by atoms with van der Waals surface area (Å²) in [6.45, 7) is 6.06. The molecule has 3 rings (SSSR count). The number of ether oxygens (including phenoxy) is 1. The number of pyridine rings is 1. The zero-order valence-electron chi connectivity index (χ0n) is 13.1. The van der Waals surface area contributed by atoms with Gasteiger partial charge in [-0.1, -0.05) is 26.7 Å². The Kier molecular flexibility index (Phi) is 4.45. The highest BCUT2D eigenvalue weighted by Crippen LogP contribution is 2.32. The van der Waals surface area contributed by atoms with Gasteiger partial charge < -0.3 is 14.7 Å². The second-order valence-corrected chi connectivity index (χ2v) is 6.53. The molecule has 2 aliphatic rings. The molecule has 21 heavy (non-hydrogen) atoms. The molecule has 2 fully saturated rings. The number of rotatable bonds is 3. The van der Waals surface area contributed by atoms with Gasteiger partial charge in [0.2, 0.25) is 0 Å². The standard InChI is InChI=1S/C17H26N2O2/c1-12(2)14-9-13(11-20)10-17(18-14)19-7-8-21-16-6-4-3-5-15(16)19/h9-10,12,15-16,20H,3-8,11H2,1-2H3. The Balaban J connectivity index is 1.92. The number of hydrogen-bond donors (Lipinski definition) is 1. The lowest BCUT2D eigenvalue weighted by atomic mass is 9.90. The fraction of sp³-hybridized carbons (Fsp3) is 0.706. The van der Waals surface area contributed by atoms with Crippen LogP contribution in [0.25, 0.3) is 0 Å². The summed E-state index contributed by atoms with van der Waals surface area (Å²) in [5, 5.41) is 9.53. The Morgan fingerprint density at radius 3 is 2.90 bits per heavy atom. The minimum atomic E-state index is 0.0771. The van der Waals surface area contributed by atoms with Crippen LogP contribution in [-0.2, 0) is 11.3 Å². The summed E-state index contributed by atoms with van der Waals surface area (Å²) in [6.07, 6.45) is 5.26. The third kappa shape index (κ3) is 3.06. The van der Waals surface area contributed by atoms with Gasteiger partial charge in [0.05, 0.1) is 25.4 Å². The van der Waals surface area contributed by atoms with Crippen molar-refractivity contribution in [1.29, 1.82) is 0 Å². The molecule has 4 heteroatoms. The largest absolute Gasteiger partial charge is 0.392 e. The first-order valence-corrected chi connectivity index (χ1v) is 8.19. The van der Waals surface area contributed by atoms with Crippen molar-refractivity contribution in [3.05, 3.63) is 23.4 Å². The monoisotopic (exact) mass is 290 g/mol. The van der Waals surface area contributed by atoms with Crippen molar-refractivity contribution in [3.63, 3.8) is 0 Å². The highest BCUT2D eigenvalue weighted by Gasteiger charge is 2.35. The van der Waals surface area contributed by atoms with E-state index in [0.717, 1.165) is 36.6 Å². The van der Waals surface area contributed by atoms with E-state index >= 15 is 0 Å². The molecule has 1 N–H and O–H groups in total. The van der Waals surface area contributed by atoms with Crippen molar-refractivity contribution >= 4 is 5.82 Å².